The lowest BCUT2D eigenvalue weighted by Gasteiger charge is -2.23. The first-order valence-electron chi connectivity index (χ1n) is 9.13. The minimum Gasteiger partial charge on any atom is -0.497 e. The number of nitrogens with zero attached hydrogens (tertiary/aromatic N) is 2. The highest BCUT2D eigenvalue weighted by atomic mass is 32.2. The van der Waals surface area contributed by atoms with Crippen LogP contribution in [0.5, 0.6) is 11.5 Å². The van der Waals surface area contributed by atoms with Gasteiger partial charge in [-0.1, -0.05) is 31.0 Å². The molecule has 2 aromatic rings. The molecule has 0 bridgehead atoms. The van der Waals surface area contributed by atoms with E-state index < -0.39 is 0 Å². The van der Waals surface area contributed by atoms with Gasteiger partial charge >= 0.3 is 0 Å². The molecule has 0 aliphatic heterocycles. The van der Waals surface area contributed by atoms with E-state index in [1.807, 2.05) is 6.92 Å². The molecule has 1 N–H and O–H groups in total. The van der Waals surface area contributed by atoms with E-state index in [0.29, 0.717) is 28.2 Å². The molecule has 1 aliphatic carbocycles. The van der Waals surface area contributed by atoms with Crippen molar-refractivity contribution in [3.63, 3.8) is 0 Å². The maximum atomic E-state index is 12.4. The molecule has 0 saturated heterocycles. The van der Waals surface area contributed by atoms with Gasteiger partial charge in [0.15, 0.2) is 0 Å². The maximum Gasteiger partial charge on any atom is 0.277 e. The average molecular weight is 391 g/mol. The smallest absolute Gasteiger partial charge is 0.277 e. The standard InChI is InChI=1S/C19H25N3O4S/c1-12(17(23)20-13-7-5-4-6-8-13)27-19-22-21-18(26-19)15-10-9-14(24-2)11-16(15)25-3/h9-13H,4-8H2,1-3H3,(H,20,23). The van der Waals surface area contributed by atoms with Gasteiger partial charge in [-0.3, -0.25) is 4.79 Å². The second-order valence-corrected chi connectivity index (χ2v) is 7.83. The highest BCUT2D eigenvalue weighted by molar-refractivity contribution is 8.00. The number of amides is 1. The molecule has 1 heterocycles. The van der Waals surface area contributed by atoms with E-state index in [4.69, 9.17) is 13.9 Å². The average Bonchev–Trinajstić information content (AvgIpc) is 3.16. The number of aromatic nitrogens is 2. The summed E-state index contributed by atoms with van der Waals surface area (Å²) >= 11 is 1.26. The summed E-state index contributed by atoms with van der Waals surface area (Å²) in [5, 5.41) is 11.3. The summed E-state index contributed by atoms with van der Waals surface area (Å²) in [6, 6.07) is 5.65. The summed E-state index contributed by atoms with van der Waals surface area (Å²) < 4.78 is 16.3. The number of carbonyl (C=O) groups excluding carboxylic acids is 1. The van der Waals surface area contributed by atoms with Gasteiger partial charge in [0, 0.05) is 12.1 Å². The second-order valence-electron chi connectivity index (χ2n) is 6.54. The predicted molar refractivity (Wildman–Crippen MR) is 103 cm³/mol. The third-order valence-corrected chi connectivity index (χ3v) is 5.58. The predicted octanol–water partition coefficient (Wildman–Crippen LogP) is 3.68. The Bertz CT molecular complexity index is 774. The van der Waals surface area contributed by atoms with Gasteiger partial charge in [0.05, 0.1) is 25.0 Å². The van der Waals surface area contributed by atoms with Crippen LogP contribution >= 0.6 is 11.8 Å². The largest absolute Gasteiger partial charge is 0.497 e. The zero-order valence-electron chi connectivity index (χ0n) is 15.9. The summed E-state index contributed by atoms with van der Waals surface area (Å²) in [7, 11) is 3.16. The van der Waals surface area contributed by atoms with Crippen molar-refractivity contribution >= 4 is 17.7 Å². The molecule has 1 aromatic carbocycles. The molecule has 3 rings (SSSR count). The van der Waals surface area contributed by atoms with Crippen molar-refractivity contribution in [2.45, 2.75) is 55.5 Å². The summed E-state index contributed by atoms with van der Waals surface area (Å²) in [5.41, 5.74) is 0.678. The first-order chi connectivity index (χ1) is 13.1. The first-order valence-corrected chi connectivity index (χ1v) is 10.0. The van der Waals surface area contributed by atoms with Crippen molar-refractivity contribution < 1.29 is 18.7 Å². The minimum absolute atomic E-state index is 0.00804. The van der Waals surface area contributed by atoms with E-state index in [-0.39, 0.29) is 17.2 Å². The monoisotopic (exact) mass is 391 g/mol. The molecule has 1 saturated carbocycles. The van der Waals surface area contributed by atoms with Crippen molar-refractivity contribution in [1.82, 2.24) is 15.5 Å². The zero-order chi connectivity index (χ0) is 19.2. The highest BCUT2D eigenvalue weighted by Crippen LogP contribution is 2.34. The Hall–Kier alpha value is -2.22. The topological polar surface area (TPSA) is 86.5 Å². The summed E-state index contributed by atoms with van der Waals surface area (Å²) in [6.45, 7) is 1.85. The molecule has 1 fully saturated rings. The molecule has 7 nitrogen and oxygen atoms in total. The number of nitrogens with one attached hydrogen (secondary N) is 1. The van der Waals surface area contributed by atoms with Crippen molar-refractivity contribution in [3.05, 3.63) is 18.2 Å². The number of carbonyl (C=O) groups is 1. The number of thioether (sulfide) groups is 1. The third-order valence-electron chi connectivity index (χ3n) is 4.64. The lowest BCUT2D eigenvalue weighted by molar-refractivity contribution is -0.121. The van der Waals surface area contributed by atoms with E-state index in [0.717, 1.165) is 12.8 Å². The van der Waals surface area contributed by atoms with E-state index in [1.165, 1.54) is 31.0 Å². The number of hydrogen-bond acceptors (Lipinski definition) is 7. The fourth-order valence-electron chi connectivity index (χ4n) is 3.11. The molecular weight excluding hydrogens is 366 g/mol. The Labute approximate surface area is 163 Å². The Morgan fingerprint density at radius 1 is 1.22 bits per heavy atom. The lowest BCUT2D eigenvalue weighted by Crippen LogP contribution is -2.40. The van der Waals surface area contributed by atoms with E-state index in [9.17, 15) is 4.79 Å². The van der Waals surface area contributed by atoms with Crippen LogP contribution in [0.1, 0.15) is 39.0 Å². The molecule has 0 radical (unpaired) electrons. The van der Waals surface area contributed by atoms with Crippen LogP contribution in [-0.2, 0) is 4.79 Å². The molecular formula is C19H25N3O4S. The van der Waals surface area contributed by atoms with Crippen LogP contribution in [0.3, 0.4) is 0 Å². The summed E-state index contributed by atoms with van der Waals surface area (Å²) in [4.78, 5) is 12.4. The van der Waals surface area contributed by atoms with Crippen molar-refractivity contribution in [1.29, 1.82) is 0 Å². The number of hydrogen-bond donors (Lipinski definition) is 1. The Kier molecular flexibility index (Phi) is 6.60. The molecule has 0 spiro atoms. The molecule has 27 heavy (non-hydrogen) atoms. The third kappa shape index (κ3) is 4.94. The maximum absolute atomic E-state index is 12.4. The van der Waals surface area contributed by atoms with Crippen LogP contribution in [0, 0.1) is 0 Å². The second kappa shape index (κ2) is 9.12. The van der Waals surface area contributed by atoms with Gasteiger partial charge in [0.2, 0.25) is 5.91 Å². The van der Waals surface area contributed by atoms with Crippen LogP contribution in [0.25, 0.3) is 11.5 Å². The van der Waals surface area contributed by atoms with Gasteiger partial charge in [-0.25, -0.2) is 0 Å². The Balaban J connectivity index is 1.64. The van der Waals surface area contributed by atoms with Crippen molar-refractivity contribution in [2.24, 2.45) is 0 Å². The normalized spacial score (nSPS) is 16.0. The van der Waals surface area contributed by atoms with Gasteiger partial charge in [0.1, 0.15) is 11.5 Å². The van der Waals surface area contributed by atoms with Crippen LogP contribution in [-0.4, -0.2) is 41.6 Å². The van der Waals surface area contributed by atoms with E-state index in [2.05, 4.69) is 15.5 Å². The van der Waals surface area contributed by atoms with Crippen LogP contribution in [0.15, 0.2) is 27.8 Å². The van der Waals surface area contributed by atoms with Crippen molar-refractivity contribution in [2.75, 3.05) is 14.2 Å². The molecule has 1 aromatic heterocycles. The molecule has 146 valence electrons. The lowest BCUT2D eigenvalue weighted by atomic mass is 9.95. The van der Waals surface area contributed by atoms with Gasteiger partial charge < -0.3 is 19.2 Å². The molecule has 8 heteroatoms. The van der Waals surface area contributed by atoms with Crippen molar-refractivity contribution in [3.8, 4) is 23.0 Å². The SMILES string of the molecule is COc1ccc(-c2nnc(SC(C)C(=O)NC3CCCCC3)o2)c(OC)c1. The minimum atomic E-state index is -0.307. The quantitative estimate of drug-likeness (QED) is 0.720. The fourth-order valence-corrected chi connectivity index (χ4v) is 3.80. The summed E-state index contributed by atoms with van der Waals surface area (Å²) in [5.74, 6) is 1.61. The first kappa shape index (κ1) is 19.5. The fraction of sp³-hybridized carbons (Fsp3) is 0.526. The Morgan fingerprint density at radius 3 is 2.70 bits per heavy atom. The number of rotatable bonds is 7. The highest BCUT2D eigenvalue weighted by Gasteiger charge is 2.23. The zero-order valence-corrected chi connectivity index (χ0v) is 16.7. The number of ether oxygens (including phenoxy) is 2. The van der Waals surface area contributed by atoms with E-state index >= 15 is 0 Å². The number of benzene rings is 1. The van der Waals surface area contributed by atoms with Crippen LogP contribution < -0.4 is 14.8 Å². The van der Waals surface area contributed by atoms with Crippen LogP contribution in [0.4, 0.5) is 0 Å². The van der Waals surface area contributed by atoms with Gasteiger partial charge in [-0.15, -0.1) is 10.2 Å². The Morgan fingerprint density at radius 2 is 2.00 bits per heavy atom. The number of methoxy groups -OCH3 is 2. The molecule has 1 atom stereocenters. The van der Waals surface area contributed by atoms with Gasteiger partial charge in [-0.05, 0) is 31.9 Å². The van der Waals surface area contributed by atoms with Gasteiger partial charge in [-0.2, -0.15) is 0 Å². The van der Waals surface area contributed by atoms with E-state index in [1.54, 1.807) is 32.4 Å². The summed E-state index contributed by atoms with van der Waals surface area (Å²) in [6.07, 6.45) is 5.75. The molecule has 1 aliphatic rings. The van der Waals surface area contributed by atoms with Gasteiger partial charge in [0.25, 0.3) is 11.1 Å². The van der Waals surface area contributed by atoms with Crippen LogP contribution in [0.2, 0.25) is 0 Å². The molecule has 1 amide bonds. The molecule has 1 unspecified atom stereocenters.